The number of halogens is 1. The van der Waals surface area contributed by atoms with Crippen molar-refractivity contribution in [3.05, 3.63) is 16.4 Å². The van der Waals surface area contributed by atoms with Crippen molar-refractivity contribution in [2.24, 2.45) is 5.84 Å². The molecule has 18 heavy (non-hydrogen) atoms. The van der Waals surface area contributed by atoms with E-state index in [0.717, 1.165) is 29.4 Å². The van der Waals surface area contributed by atoms with E-state index in [1.54, 1.807) is 7.11 Å². The molecule has 0 spiro atoms. The third kappa shape index (κ3) is 3.23. The Labute approximate surface area is 114 Å². The summed E-state index contributed by atoms with van der Waals surface area (Å²) in [4.78, 5) is 0. The van der Waals surface area contributed by atoms with Crippen LogP contribution < -0.4 is 11.3 Å². The lowest BCUT2D eigenvalue weighted by Crippen LogP contribution is -2.45. The molecule has 0 bridgehead atoms. The lowest BCUT2D eigenvalue weighted by atomic mass is 10.1. The van der Waals surface area contributed by atoms with E-state index in [0.29, 0.717) is 6.42 Å². The number of hydrogen-bond donors (Lipinski definition) is 2. The average Bonchev–Trinajstić information content (AvgIpc) is 2.71. The van der Waals surface area contributed by atoms with Gasteiger partial charge in [-0.2, -0.15) is 5.10 Å². The summed E-state index contributed by atoms with van der Waals surface area (Å²) in [6.45, 7) is 6.88. The molecule has 0 amide bonds. The van der Waals surface area contributed by atoms with Crippen LogP contribution in [0.1, 0.15) is 32.2 Å². The largest absolute Gasteiger partial charge is 0.380 e. The number of nitrogens with zero attached hydrogens (tertiary/aromatic N) is 2. The monoisotopic (exact) mass is 274 g/mol. The molecule has 0 radical (unpaired) electrons. The van der Waals surface area contributed by atoms with Crippen molar-refractivity contribution in [3.63, 3.8) is 0 Å². The van der Waals surface area contributed by atoms with Crippen LogP contribution in [0.5, 0.6) is 0 Å². The maximum atomic E-state index is 6.36. The molecular weight excluding hydrogens is 252 g/mol. The summed E-state index contributed by atoms with van der Waals surface area (Å²) < 4.78 is 7.25. The van der Waals surface area contributed by atoms with Gasteiger partial charge in [0.25, 0.3) is 0 Å². The summed E-state index contributed by atoms with van der Waals surface area (Å²) in [6.07, 6.45) is 1.54. The molecule has 1 aromatic rings. The van der Waals surface area contributed by atoms with Crippen molar-refractivity contribution < 1.29 is 4.74 Å². The van der Waals surface area contributed by atoms with Crippen molar-refractivity contribution in [1.82, 2.24) is 15.2 Å². The number of ether oxygens (including phenoxy) is 1. The van der Waals surface area contributed by atoms with Gasteiger partial charge in [0.2, 0.25) is 0 Å². The van der Waals surface area contributed by atoms with Crippen LogP contribution in [0.2, 0.25) is 5.02 Å². The van der Waals surface area contributed by atoms with Crippen LogP contribution >= 0.6 is 11.6 Å². The fourth-order valence-corrected chi connectivity index (χ4v) is 2.29. The number of aryl methyl sites for hydroxylation is 2. The average molecular weight is 275 g/mol. The predicted molar refractivity (Wildman–Crippen MR) is 73.6 cm³/mol. The number of nitrogens with one attached hydrogen (secondary N) is 1. The minimum atomic E-state index is 0.0105. The molecule has 0 aromatic carbocycles. The normalized spacial score (nSPS) is 14.8. The summed E-state index contributed by atoms with van der Waals surface area (Å²) >= 11 is 6.36. The first-order chi connectivity index (χ1) is 8.58. The fraction of sp³-hybridized carbons (Fsp3) is 0.750. The SMILES string of the molecule is CCc1nn(CC)c(CC(NN)C(C)OC)c1Cl. The third-order valence-corrected chi connectivity index (χ3v) is 3.70. The topological polar surface area (TPSA) is 65.1 Å². The van der Waals surface area contributed by atoms with Crippen LogP contribution in [-0.2, 0) is 24.1 Å². The molecule has 0 aliphatic rings. The number of hydrazine groups is 1. The number of hydrogen-bond acceptors (Lipinski definition) is 4. The molecule has 2 atom stereocenters. The van der Waals surface area contributed by atoms with E-state index in [2.05, 4.69) is 24.4 Å². The van der Waals surface area contributed by atoms with E-state index < -0.39 is 0 Å². The van der Waals surface area contributed by atoms with Crippen LogP contribution in [0.4, 0.5) is 0 Å². The third-order valence-electron chi connectivity index (χ3n) is 3.26. The number of rotatable bonds is 7. The summed E-state index contributed by atoms with van der Waals surface area (Å²) in [5.74, 6) is 5.58. The van der Waals surface area contributed by atoms with Gasteiger partial charge in [-0.1, -0.05) is 18.5 Å². The van der Waals surface area contributed by atoms with Gasteiger partial charge >= 0.3 is 0 Å². The van der Waals surface area contributed by atoms with Gasteiger partial charge < -0.3 is 4.74 Å². The summed E-state index contributed by atoms with van der Waals surface area (Å²) in [5, 5.41) is 5.25. The highest BCUT2D eigenvalue weighted by molar-refractivity contribution is 6.31. The van der Waals surface area contributed by atoms with Gasteiger partial charge in [-0.15, -0.1) is 0 Å². The molecule has 5 nitrogen and oxygen atoms in total. The fourth-order valence-electron chi connectivity index (χ4n) is 1.95. The highest BCUT2D eigenvalue weighted by atomic mass is 35.5. The van der Waals surface area contributed by atoms with Crippen molar-refractivity contribution in [2.75, 3.05) is 7.11 Å². The molecule has 1 rings (SSSR count). The first kappa shape index (κ1) is 15.4. The van der Waals surface area contributed by atoms with E-state index in [1.165, 1.54) is 0 Å². The second-order valence-electron chi connectivity index (χ2n) is 4.29. The quantitative estimate of drug-likeness (QED) is 0.585. The maximum Gasteiger partial charge on any atom is 0.0850 e. The summed E-state index contributed by atoms with van der Waals surface area (Å²) in [5.41, 5.74) is 4.74. The van der Waals surface area contributed by atoms with Crippen molar-refractivity contribution in [2.45, 2.75) is 52.3 Å². The molecule has 0 aliphatic carbocycles. The van der Waals surface area contributed by atoms with Gasteiger partial charge in [0.05, 0.1) is 28.6 Å². The Morgan fingerprint density at radius 2 is 2.17 bits per heavy atom. The van der Waals surface area contributed by atoms with Gasteiger partial charge in [0.1, 0.15) is 0 Å². The second-order valence-corrected chi connectivity index (χ2v) is 4.67. The van der Waals surface area contributed by atoms with E-state index in [-0.39, 0.29) is 12.1 Å². The predicted octanol–water partition coefficient (Wildman–Crippen LogP) is 1.53. The highest BCUT2D eigenvalue weighted by Gasteiger charge is 2.22. The van der Waals surface area contributed by atoms with Crippen LogP contribution in [0.25, 0.3) is 0 Å². The van der Waals surface area contributed by atoms with Crippen LogP contribution in [-0.4, -0.2) is 29.0 Å². The minimum Gasteiger partial charge on any atom is -0.380 e. The van der Waals surface area contributed by atoms with E-state index in [4.69, 9.17) is 22.2 Å². The molecule has 2 unspecified atom stereocenters. The zero-order valence-electron chi connectivity index (χ0n) is 11.5. The number of aromatic nitrogens is 2. The van der Waals surface area contributed by atoms with Gasteiger partial charge in [0.15, 0.2) is 0 Å². The summed E-state index contributed by atoms with van der Waals surface area (Å²) in [6, 6.07) is 0.0132. The Hall–Kier alpha value is -0.620. The highest BCUT2D eigenvalue weighted by Crippen LogP contribution is 2.23. The minimum absolute atomic E-state index is 0.0105. The molecule has 6 heteroatoms. The lowest BCUT2D eigenvalue weighted by Gasteiger charge is -2.22. The Morgan fingerprint density at radius 1 is 1.50 bits per heavy atom. The molecule has 1 heterocycles. The first-order valence-corrected chi connectivity index (χ1v) is 6.69. The zero-order chi connectivity index (χ0) is 13.7. The molecule has 0 aliphatic heterocycles. The lowest BCUT2D eigenvalue weighted by molar-refractivity contribution is 0.0824. The molecule has 0 saturated carbocycles. The van der Waals surface area contributed by atoms with Gasteiger partial charge in [-0.3, -0.25) is 16.0 Å². The first-order valence-electron chi connectivity index (χ1n) is 6.31. The van der Waals surface area contributed by atoms with Crippen molar-refractivity contribution in [1.29, 1.82) is 0 Å². The molecule has 0 fully saturated rings. The van der Waals surface area contributed by atoms with Crippen LogP contribution in [0.15, 0.2) is 0 Å². The Kier molecular flexibility index (Phi) is 6.08. The Balaban J connectivity index is 2.97. The van der Waals surface area contributed by atoms with Crippen LogP contribution in [0.3, 0.4) is 0 Å². The summed E-state index contributed by atoms with van der Waals surface area (Å²) in [7, 11) is 1.67. The second kappa shape index (κ2) is 7.09. The zero-order valence-corrected chi connectivity index (χ0v) is 12.3. The number of nitrogens with two attached hydrogens (primary N) is 1. The molecule has 1 aromatic heterocycles. The van der Waals surface area contributed by atoms with E-state index in [9.17, 15) is 0 Å². The van der Waals surface area contributed by atoms with Gasteiger partial charge in [0, 0.05) is 20.1 Å². The van der Waals surface area contributed by atoms with E-state index >= 15 is 0 Å². The molecule has 104 valence electrons. The number of methoxy groups -OCH3 is 1. The van der Waals surface area contributed by atoms with E-state index in [1.807, 2.05) is 11.6 Å². The van der Waals surface area contributed by atoms with Crippen molar-refractivity contribution in [3.8, 4) is 0 Å². The Bertz CT molecular complexity index is 380. The van der Waals surface area contributed by atoms with Crippen LogP contribution in [0, 0.1) is 0 Å². The van der Waals surface area contributed by atoms with Crippen molar-refractivity contribution >= 4 is 11.6 Å². The smallest absolute Gasteiger partial charge is 0.0850 e. The molecular formula is C12H23ClN4O. The maximum absolute atomic E-state index is 6.36. The standard InChI is InChI=1S/C12H23ClN4O/c1-5-9-12(13)11(17(6-2)16-9)7-10(15-14)8(3)18-4/h8,10,15H,5-7,14H2,1-4H3. The molecule has 3 N–H and O–H groups in total. The van der Waals surface area contributed by atoms with Gasteiger partial charge in [-0.25, -0.2) is 0 Å². The van der Waals surface area contributed by atoms with Gasteiger partial charge in [-0.05, 0) is 20.3 Å². The molecule has 0 saturated heterocycles. The Morgan fingerprint density at radius 3 is 2.61 bits per heavy atom.